The lowest BCUT2D eigenvalue weighted by Crippen LogP contribution is -2.40. The Morgan fingerprint density at radius 2 is 2.11 bits per heavy atom. The third kappa shape index (κ3) is 6.05. The molecule has 108 valence electrons. The second-order valence-corrected chi connectivity index (χ2v) is 5.24. The summed E-state index contributed by atoms with van der Waals surface area (Å²) in [4.78, 5) is 2.44. The van der Waals surface area contributed by atoms with Gasteiger partial charge in [0.1, 0.15) is 0 Å². The van der Waals surface area contributed by atoms with Crippen molar-refractivity contribution in [2.45, 2.75) is 64.2 Å². The van der Waals surface area contributed by atoms with Crippen LogP contribution in [0.4, 0.5) is 13.2 Å². The van der Waals surface area contributed by atoms with Gasteiger partial charge in [-0.3, -0.25) is 4.90 Å². The van der Waals surface area contributed by atoms with Crippen LogP contribution in [-0.2, 0) is 0 Å². The zero-order valence-corrected chi connectivity index (χ0v) is 11.4. The largest absolute Gasteiger partial charge is 0.389 e. The van der Waals surface area contributed by atoms with E-state index in [0.717, 1.165) is 19.6 Å². The van der Waals surface area contributed by atoms with Crippen LogP contribution in [0.3, 0.4) is 0 Å². The maximum absolute atomic E-state index is 12.0. The van der Waals surface area contributed by atoms with E-state index in [9.17, 15) is 13.2 Å². The molecule has 0 bridgehead atoms. The first kappa shape index (κ1) is 15.8. The predicted octanol–water partition coefficient (Wildman–Crippen LogP) is 3.18. The van der Waals surface area contributed by atoms with Crippen molar-refractivity contribution in [3.05, 3.63) is 0 Å². The van der Waals surface area contributed by atoms with Gasteiger partial charge in [-0.15, -0.1) is 0 Å². The fourth-order valence-corrected chi connectivity index (χ4v) is 2.59. The number of nitrogens with one attached hydrogen (secondary N) is 1. The molecular formula is C13H25F3N2. The first-order valence-electron chi connectivity index (χ1n) is 6.96. The summed E-state index contributed by atoms with van der Waals surface area (Å²) in [7, 11) is 0. The van der Waals surface area contributed by atoms with E-state index in [4.69, 9.17) is 0 Å². The van der Waals surface area contributed by atoms with Crippen LogP contribution in [0.25, 0.3) is 0 Å². The molecule has 2 nitrogen and oxygen atoms in total. The number of likely N-dealkylation sites (N-methyl/N-ethyl adjacent to an activating group) is 1. The minimum atomic E-state index is -4.01. The van der Waals surface area contributed by atoms with E-state index < -0.39 is 12.6 Å². The van der Waals surface area contributed by atoms with Gasteiger partial charge >= 0.3 is 6.18 Å². The molecule has 0 aromatic rings. The Bertz CT molecular complexity index is 231. The van der Waals surface area contributed by atoms with Crippen LogP contribution in [-0.4, -0.2) is 42.8 Å². The van der Waals surface area contributed by atoms with E-state index in [1.54, 1.807) is 0 Å². The topological polar surface area (TPSA) is 15.3 Å². The third-order valence-electron chi connectivity index (χ3n) is 3.70. The molecule has 1 saturated heterocycles. The smallest absolute Gasteiger partial charge is 0.313 e. The van der Waals surface area contributed by atoms with Gasteiger partial charge in [0.2, 0.25) is 0 Å². The van der Waals surface area contributed by atoms with Crippen LogP contribution in [0.2, 0.25) is 0 Å². The van der Waals surface area contributed by atoms with Gasteiger partial charge in [0.15, 0.2) is 0 Å². The zero-order valence-electron chi connectivity index (χ0n) is 11.4. The maximum atomic E-state index is 12.0. The van der Waals surface area contributed by atoms with Gasteiger partial charge in [-0.2, -0.15) is 13.2 Å². The second kappa shape index (κ2) is 7.34. The molecule has 5 heteroatoms. The number of hydrogen-bond acceptors (Lipinski definition) is 2. The maximum Gasteiger partial charge on any atom is 0.389 e. The zero-order chi connectivity index (χ0) is 13.6. The van der Waals surface area contributed by atoms with Gasteiger partial charge in [0.25, 0.3) is 0 Å². The van der Waals surface area contributed by atoms with Gasteiger partial charge in [0, 0.05) is 25.0 Å². The molecule has 0 radical (unpaired) electrons. The number of hydrogen-bond donors (Lipinski definition) is 1. The highest BCUT2D eigenvalue weighted by molar-refractivity contribution is 4.81. The molecule has 2 atom stereocenters. The summed E-state index contributed by atoms with van der Waals surface area (Å²) < 4.78 is 36.0. The fraction of sp³-hybridized carbons (Fsp3) is 1.00. The lowest BCUT2D eigenvalue weighted by atomic mass is 10.1. The van der Waals surface area contributed by atoms with Crippen molar-refractivity contribution in [1.82, 2.24) is 10.2 Å². The van der Waals surface area contributed by atoms with Crippen molar-refractivity contribution in [2.24, 2.45) is 0 Å². The molecule has 2 unspecified atom stereocenters. The van der Waals surface area contributed by atoms with Gasteiger partial charge in [-0.25, -0.2) is 0 Å². The molecule has 1 rings (SSSR count). The highest BCUT2D eigenvalue weighted by atomic mass is 19.4. The van der Waals surface area contributed by atoms with Gasteiger partial charge in [-0.1, -0.05) is 6.92 Å². The van der Waals surface area contributed by atoms with Gasteiger partial charge in [-0.05, 0) is 45.7 Å². The number of rotatable bonds is 7. The van der Waals surface area contributed by atoms with E-state index in [1.807, 2.05) is 6.92 Å². The van der Waals surface area contributed by atoms with Gasteiger partial charge < -0.3 is 5.32 Å². The molecule has 1 heterocycles. The second-order valence-electron chi connectivity index (χ2n) is 5.24. The summed E-state index contributed by atoms with van der Waals surface area (Å²) in [5.41, 5.74) is 0. The molecule has 0 aromatic carbocycles. The third-order valence-corrected chi connectivity index (χ3v) is 3.70. The highest BCUT2D eigenvalue weighted by Crippen LogP contribution is 2.22. The number of nitrogens with zero attached hydrogens (tertiary/aromatic N) is 1. The van der Waals surface area contributed by atoms with Crippen LogP contribution in [0.5, 0.6) is 0 Å². The van der Waals surface area contributed by atoms with Gasteiger partial charge in [0.05, 0.1) is 0 Å². The monoisotopic (exact) mass is 266 g/mol. The van der Waals surface area contributed by atoms with Crippen LogP contribution in [0.1, 0.15) is 46.0 Å². The molecule has 1 fully saturated rings. The Labute approximate surface area is 108 Å². The van der Waals surface area contributed by atoms with E-state index >= 15 is 0 Å². The van der Waals surface area contributed by atoms with Crippen molar-refractivity contribution in [3.8, 4) is 0 Å². The molecule has 18 heavy (non-hydrogen) atoms. The van der Waals surface area contributed by atoms with Crippen molar-refractivity contribution in [1.29, 1.82) is 0 Å². The quantitative estimate of drug-likeness (QED) is 0.761. The minimum absolute atomic E-state index is 0.173. The van der Waals surface area contributed by atoms with E-state index in [2.05, 4.69) is 17.1 Å². The summed E-state index contributed by atoms with van der Waals surface area (Å²) in [6, 6.07) is 0.742. The molecule has 1 N–H and O–H groups in total. The van der Waals surface area contributed by atoms with Crippen molar-refractivity contribution in [3.63, 3.8) is 0 Å². The Balaban J connectivity index is 2.11. The average Bonchev–Trinajstić information content (AvgIpc) is 2.71. The molecule has 1 aliphatic heterocycles. The standard InChI is InChI=1S/C13H25F3N2/c1-3-18-9-5-7-12(18)10-17-11(2)6-4-8-13(14,15)16/h11-12,17H,3-10H2,1-2H3. The fourth-order valence-electron chi connectivity index (χ4n) is 2.59. The summed E-state index contributed by atoms with van der Waals surface area (Å²) in [5.74, 6) is 0. The van der Waals surface area contributed by atoms with Crippen LogP contribution < -0.4 is 5.32 Å². The number of halogens is 3. The van der Waals surface area contributed by atoms with Crippen LogP contribution in [0.15, 0.2) is 0 Å². The molecule has 0 aromatic heterocycles. The normalized spacial score (nSPS) is 23.5. The van der Waals surface area contributed by atoms with E-state index in [-0.39, 0.29) is 12.5 Å². The Morgan fingerprint density at radius 1 is 1.39 bits per heavy atom. The molecule has 0 aliphatic carbocycles. The van der Waals surface area contributed by atoms with Crippen molar-refractivity contribution < 1.29 is 13.2 Å². The first-order valence-corrected chi connectivity index (χ1v) is 6.96. The first-order chi connectivity index (χ1) is 8.42. The highest BCUT2D eigenvalue weighted by Gasteiger charge is 2.26. The minimum Gasteiger partial charge on any atom is -0.313 e. The molecule has 1 aliphatic rings. The number of alkyl halides is 3. The SMILES string of the molecule is CCN1CCCC1CNC(C)CCCC(F)(F)F. The van der Waals surface area contributed by atoms with E-state index in [1.165, 1.54) is 12.8 Å². The molecule has 0 amide bonds. The van der Waals surface area contributed by atoms with Crippen LogP contribution >= 0.6 is 0 Å². The lowest BCUT2D eigenvalue weighted by Gasteiger charge is -2.25. The predicted molar refractivity (Wildman–Crippen MR) is 67.6 cm³/mol. The lowest BCUT2D eigenvalue weighted by molar-refractivity contribution is -0.135. The Morgan fingerprint density at radius 3 is 2.72 bits per heavy atom. The van der Waals surface area contributed by atoms with Crippen LogP contribution in [0, 0.1) is 0 Å². The molecular weight excluding hydrogens is 241 g/mol. The summed E-state index contributed by atoms with van der Waals surface area (Å²) in [6.07, 6.45) is -1.41. The van der Waals surface area contributed by atoms with E-state index in [0.29, 0.717) is 12.5 Å². The van der Waals surface area contributed by atoms with Crippen molar-refractivity contribution in [2.75, 3.05) is 19.6 Å². The van der Waals surface area contributed by atoms with Crippen molar-refractivity contribution >= 4 is 0 Å². The summed E-state index contributed by atoms with van der Waals surface area (Å²) in [5, 5.41) is 3.37. The Kier molecular flexibility index (Phi) is 6.43. The average molecular weight is 266 g/mol. The summed E-state index contributed by atoms with van der Waals surface area (Å²) in [6.45, 7) is 7.26. The summed E-state index contributed by atoms with van der Waals surface area (Å²) >= 11 is 0. The molecule has 0 spiro atoms. The Hall–Kier alpha value is -0.290. The molecule has 0 saturated carbocycles. The number of likely N-dealkylation sites (tertiary alicyclic amines) is 1.